The van der Waals surface area contributed by atoms with Crippen molar-refractivity contribution >= 4 is 57.7 Å². The maximum Gasteiger partial charge on any atom is 0.573 e. The van der Waals surface area contributed by atoms with E-state index in [0.29, 0.717) is 20.8 Å². The summed E-state index contributed by atoms with van der Waals surface area (Å²) in [4.78, 5) is 43.0. The first-order valence-electron chi connectivity index (χ1n) is 10.7. The van der Waals surface area contributed by atoms with Crippen LogP contribution >= 0.6 is 35.0 Å². The molecule has 0 bridgehead atoms. The molecule has 2 aromatic heterocycles. The van der Waals surface area contributed by atoms with E-state index in [9.17, 15) is 27.6 Å². The lowest BCUT2D eigenvalue weighted by Gasteiger charge is -2.10. The average molecular weight is 588 g/mol. The number of hydrogen-bond donors (Lipinski definition) is 1. The smallest absolute Gasteiger partial charge is 0.406 e. The molecule has 0 aliphatic rings. The molecule has 4 rings (SSSR count). The van der Waals surface area contributed by atoms with Crippen molar-refractivity contribution in [1.29, 1.82) is 0 Å². The predicted octanol–water partition coefficient (Wildman–Crippen LogP) is 4.42. The Balaban J connectivity index is 1.53. The highest BCUT2D eigenvalue weighted by molar-refractivity contribution is 7.99. The Kier molecular flexibility index (Phi) is 7.81. The lowest BCUT2D eigenvalue weighted by atomic mass is 10.2. The summed E-state index contributed by atoms with van der Waals surface area (Å²) in [6.45, 7) is -0.0830. The molecule has 2 heterocycles. The Hall–Kier alpha value is -3.42. The van der Waals surface area contributed by atoms with Crippen LogP contribution in [-0.4, -0.2) is 36.7 Å². The molecule has 1 N–H and O–H groups in total. The number of nitrogens with one attached hydrogen (secondary N) is 1. The normalized spacial score (nSPS) is 11.7. The van der Waals surface area contributed by atoms with Crippen LogP contribution in [0.5, 0.6) is 5.75 Å². The van der Waals surface area contributed by atoms with E-state index in [4.69, 9.17) is 23.2 Å². The van der Waals surface area contributed by atoms with Gasteiger partial charge in [0, 0.05) is 29.8 Å². The molecule has 0 saturated carbocycles. The third-order valence-electron chi connectivity index (χ3n) is 5.37. The minimum Gasteiger partial charge on any atom is -0.406 e. The van der Waals surface area contributed by atoms with Crippen molar-refractivity contribution in [3.63, 3.8) is 0 Å². The third-order valence-corrected chi connectivity index (χ3v) is 6.98. The molecule has 0 unspecified atom stereocenters. The highest BCUT2D eigenvalue weighted by atomic mass is 35.5. The molecule has 15 heteroatoms. The Morgan fingerprint density at radius 2 is 1.76 bits per heavy atom. The summed E-state index contributed by atoms with van der Waals surface area (Å²) in [5.74, 6) is -1.00. The fourth-order valence-corrected chi connectivity index (χ4v) is 4.82. The molecule has 0 spiro atoms. The number of fused-ring (bicyclic) bond motifs is 1. The number of aryl methyl sites for hydroxylation is 2. The van der Waals surface area contributed by atoms with Crippen molar-refractivity contribution in [2.24, 2.45) is 14.1 Å². The second kappa shape index (κ2) is 10.8. The van der Waals surface area contributed by atoms with Gasteiger partial charge < -0.3 is 14.6 Å². The standard InChI is InChI=1S/C23H18Cl2F3N5O4S/c1-31-18-19(32(2)22(36)33(20(18)35)10-12-3-4-13(24)9-16(12)25)30-21(31)38-11-17(34)29-14-5-7-15(8-6-14)37-23(26,27)28/h3-9H,10-11H2,1-2H3,(H,29,34). The van der Waals surface area contributed by atoms with Crippen LogP contribution in [-0.2, 0) is 25.4 Å². The Bertz CT molecular complexity index is 1650. The number of amides is 1. The maximum atomic E-state index is 13.3. The number of anilines is 1. The highest BCUT2D eigenvalue weighted by Gasteiger charge is 2.31. The maximum absolute atomic E-state index is 13.3. The largest absolute Gasteiger partial charge is 0.573 e. The van der Waals surface area contributed by atoms with Crippen molar-refractivity contribution in [2.45, 2.75) is 18.1 Å². The molecule has 200 valence electrons. The van der Waals surface area contributed by atoms with Gasteiger partial charge in [-0.1, -0.05) is 41.0 Å². The van der Waals surface area contributed by atoms with Gasteiger partial charge in [0.05, 0.1) is 12.3 Å². The summed E-state index contributed by atoms with van der Waals surface area (Å²) in [6.07, 6.45) is -4.82. The van der Waals surface area contributed by atoms with Crippen LogP contribution in [0, 0.1) is 0 Å². The number of carbonyl (C=O) groups is 1. The zero-order valence-electron chi connectivity index (χ0n) is 19.7. The summed E-state index contributed by atoms with van der Waals surface area (Å²) < 4.78 is 44.4. The van der Waals surface area contributed by atoms with Crippen LogP contribution < -0.4 is 21.3 Å². The van der Waals surface area contributed by atoms with Crippen LogP contribution in [0.4, 0.5) is 18.9 Å². The molecule has 0 atom stereocenters. The number of imidazole rings is 1. The summed E-state index contributed by atoms with van der Waals surface area (Å²) in [7, 11) is 3.06. The van der Waals surface area contributed by atoms with E-state index in [0.717, 1.165) is 28.5 Å². The molecule has 0 radical (unpaired) electrons. The number of thioether (sulfide) groups is 1. The van der Waals surface area contributed by atoms with Crippen LogP contribution in [0.3, 0.4) is 0 Å². The van der Waals surface area contributed by atoms with Crippen LogP contribution in [0.2, 0.25) is 10.0 Å². The Morgan fingerprint density at radius 1 is 1.08 bits per heavy atom. The number of hydrogen-bond acceptors (Lipinski definition) is 6. The van der Waals surface area contributed by atoms with Gasteiger partial charge in [-0.2, -0.15) is 0 Å². The van der Waals surface area contributed by atoms with Gasteiger partial charge in [-0.15, -0.1) is 13.2 Å². The second-order valence-electron chi connectivity index (χ2n) is 8.00. The van der Waals surface area contributed by atoms with Gasteiger partial charge in [0.1, 0.15) is 5.75 Å². The van der Waals surface area contributed by atoms with Crippen LogP contribution in [0.1, 0.15) is 5.56 Å². The average Bonchev–Trinajstić information content (AvgIpc) is 3.17. The second-order valence-corrected chi connectivity index (χ2v) is 9.79. The van der Waals surface area contributed by atoms with Crippen molar-refractivity contribution < 1.29 is 22.7 Å². The van der Waals surface area contributed by atoms with Gasteiger partial charge in [-0.3, -0.25) is 18.7 Å². The zero-order chi connectivity index (χ0) is 27.8. The van der Waals surface area contributed by atoms with Crippen molar-refractivity contribution in [2.75, 3.05) is 11.1 Å². The van der Waals surface area contributed by atoms with E-state index in [1.165, 1.54) is 34.4 Å². The number of halogens is 5. The summed E-state index contributed by atoms with van der Waals surface area (Å²) in [6, 6.07) is 9.43. The minimum absolute atomic E-state index is 0.0830. The van der Waals surface area contributed by atoms with E-state index < -0.39 is 29.3 Å². The lowest BCUT2D eigenvalue weighted by Crippen LogP contribution is -2.39. The molecule has 4 aromatic rings. The quantitative estimate of drug-likeness (QED) is 0.321. The number of rotatable bonds is 7. The number of alkyl halides is 3. The van der Waals surface area contributed by atoms with Crippen LogP contribution in [0.15, 0.2) is 57.2 Å². The monoisotopic (exact) mass is 587 g/mol. The minimum atomic E-state index is -4.82. The number of ether oxygens (including phenoxy) is 1. The first-order chi connectivity index (χ1) is 17.8. The molecule has 0 saturated heterocycles. The molecule has 2 aromatic carbocycles. The zero-order valence-corrected chi connectivity index (χ0v) is 22.0. The van der Waals surface area contributed by atoms with Crippen molar-refractivity contribution in [1.82, 2.24) is 18.7 Å². The molecule has 0 fully saturated rings. The number of benzene rings is 2. The number of aromatic nitrogens is 4. The SMILES string of the molecule is Cn1c(SCC(=O)Nc2ccc(OC(F)(F)F)cc2)nc2c1c(=O)n(Cc1ccc(Cl)cc1Cl)c(=O)n2C. The Labute approximate surface area is 226 Å². The summed E-state index contributed by atoms with van der Waals surface area (Å²) in [5, 5.41) is 3.58. The van der Waals surface area contributed by atoms with E-state index in [1.54, 1.807) is 19.2 Å². The van der Waals surface area contributed by atoms with Gasteiger partial charge in [0.15, 0.2) is 16.3 Å². The van der Waals surface area contributed by atoms with Crippen molar-refractivity contribution in [3.05, 3.63) is 78.9 Å². The fourth-order valence-electron chi connectivity index (χ4n) is 3.58. The molecule has 0 aliphatic heterocycles. The van der Waals surface area contributed by atoms with E-state index >= 15 is 0 Å². The fraction of sp³-hybridized carbons (Fsp3) is 0.217. The van der Waals surface area contributed by atoms with E-state index in [-0.39, 0.29) is 29.1 Å². The third kappa shape index (κ3) is 6.00. The van der Waals surface area contributed by atoms with Gasteiger partial charge in [-0.25, -0.2) is 9.78 Å². The highest BCUT2D eigenvalue weighted by Crippen LogP contribution is 2.25. The summed E-state index contributed by atoms with van der Waals surface area (Å²) >= 11 is 13.2. The van der Waals surface area contributed by atoms with Gasteiger partial charge in [0.2, 0.25) is 5.91 Å². The first kappa shape index (κ1) is 27.6. The number of carbonyl (C=O) groups excluding carboxylic acids is 1. The molecule has 9 nitrogen and oxygen atoms in total. The van der Waals surface area contributed by atoms with E-state index in [2.05, 4.69) is 15.0 Å². The van der Waals surface area contributed by atoms with E-state index in [1.807, 2.05) is 0 Å². The molecule has 1 amide bonds. The van der Waals surface area contributed by atoms with Crippen molar-refractivity contribution in [3.8, 4) is 5.75 Å². The topological polar surface area (TPSA) is 100 Å². The number of nitrogens with zero attached hydrogens (tertiary/aromatic N) is 4. The molecular formula is C23H18Cl2F3N5O4S. The van der Waals surface area contributed by atoms with Gasteiger partial charge >= 0.3 is 12.1 Å². The lowest BCUT2D eigenvalue weighted by molar-refractivity contribution is -0.274. The predicted molar refractivity (Wildman–Crippen MR) is 138 cm³/mol. The first-order valence-corrected chi connectivity index (χ1v) is 12.5. The van der Waals surface area contributed by atoms with Gasteiger partial charge in [-0.05, 0) is 42.0 Å². The molecule has 38 heavy (non-hydrogen) atoms. The van der Waals surface area contributed by atoms with Crippen LogP contribution in [0.25, 0.3) is 11.2 Å². The van der Waals surface area contributed by atoms with Gasteiger partial charge in [0.25, 0.3) is 5.56 Å². The Morgan fingerprint density at radius 3 is 2.39 bits per heavy atom. The summed E-state index contributed by atoms with van der Waals surface area (Å²) in [5.41, 5.74) is -0.0905. The molecule has 0 aliphatic carbocycles. The molecular weight excluding hydrogens is 570 g/mol.